The van der Waals surface area contributed by atoms with Gasteiger partial charge >= 0.3 is 0 Å². The van der Waals surface area contributed by atoms with Crippen LogP contribution in [0.2, 0.25) is 0 Å². The van der Waals surface area contributed by atoms with Crippen molar-refractivity contribution in [2.45, 2.75) is 34.1 Å². The second-order valence-electron chi connectivity index (χ2n) is 5.58. The van der Waals surface area contributed by atoms with Gasteiger partial charge in [-0.2, -0.15) is 5.26 Å². The lowest BCUT2D eigenvalue weighted by Gasteiger charge is -2.36. The largest absolute Gasteiger partial charge is 0.355 e. The van der Waals surface area contributed by atoms with E-state index in [0.29, 0.717) is 5.92 Å². The highest BCUT2D eigenvalue weighted by Gasteiger charge is 2.25. The average molecular weight is 243 g/mol. The van der Waals surface area contributed by atoms with Gasteiger partial charge in [-0.15, -0.1) is 0 Å². The molecule has 2 atom stereocenters. The first-order chi connectivity index (χ1) is 8.52. The molecule has 1 fully saturated rings. The zero-order chi connectivity index (χ0) is 13.3. The van der Waals surface area contributed by atoms with E-state index in [1.165, 1.54) is 6.42 Å². The van der Waals surface area contributed by atoms with Crippen LogP contribution in [0, 0.1) is 37.0 Å². The number of hydrogen-bond acceptors (Lipinski definition) is 3. The summed E-state index contributed by atoms with van der Waals surface area (Å²) in [6.07, 6.45) is 1.18. The molecule has 1 aromatic rings. The van der Waals surface area contributed by atoms with Gasteiger partial charge in [-0.25, -0.2) is 4.98 Å². The molecule has 0 aliphatic carbocycles. The number of hydrogen-bond donors (Lipinski definition) is 0. The molecular weight excluding hydrogens is 222 g/mol. The Balaban J connectivity index is 2.36. The molecule has 18 heavy (non-hydrogen) atoms. The molecule has 2 rings (SSSR count). The van der Waals surface area contributed by atoms with Crippen LogP contribution in [0.3, 0.4) is 0 Å². The highest BCUT2D eigenvalue weighted by Crippen LogP contribution is 2.29. The van der Waals surface area contributed by atoms with E-state index in [0.717, 1.165) is 41.6 Å². The Kier molecular flexibility index (Phi) is 3.56. The third kappa shape index (κ3) is 2.33. The summed E-state index contributed by atoms with van der Waals surface area (Å²) in [5.41, 5.74) is 2.77. The first-order valence-corrected chi connectivity index (χ1v) is 6.66. The predicted molar refractivity (Wildman–Crippen MR) is 73.6 cm³/mol. The molecule has 2 heterocycles. The number of pyridine rings is 1. The van der Waals surface area contributed by atoms with Crippen molar-refractivity contribution in [2.24, 2.45) is 11.8 Å². The lowest BCUT2D eigenvalue weighted by molar-refractivity contribution is 0.322. The third-order valence-electron chi connectivity index (χ3n) is 4.07. The lowest BCUT2D eigenvalue weighted by Crippen LogP contribution is -2.39. The third-order valence-corrected chi connectivity index (χ3v) is 4.07. The SMILES string of the molecule is Cc1cc(C)c(C#N)c(N2CCC(C)C(C)C2)n1. The van der Waals surface area contributed by atoms with Crippen LogP contribution in [0.1, 0.15) is 37.1 Å². The number of anilines is 1. The summed E-state index contributed by atoms with van der Waals surface area (Å²) in [6.45, 7) is 10.6. The van der Waals surface area contributed by atoms with E-state index in [9.17, 15) is 5.26 Å². The van der Waals surface area contributed by atoms with Crippen molar-refractivity contribution in [1.29, 1.82) is 5.26 Å². The van der Waals surface area contributed by atoms with Gasteiger partial charge in [-0.05, 0) is 43.7 Å². The van der Waals surface area contributed by atoms with E-state index < -0.39 is 0 Å². The number of nitrogens with zero attached hydrogens (tertiary/aromatic N) is 3. The maximum atomic E-state index is 9.32. The normalized spacial score (nSPS) is 23.8. The van der Waals surface area contributed by atoms with Crippen LogP contribution in [0.15, 0.2) is 6.07 Å². The van der Waals surface area contributed by atoms with Crippen LogP contribution in [-0.4, -0.2) is 18.1 Å². The van der Waals surface area contributed by atoms with Gasteiger partial charge in [0, 0.05) is 18.8 Å². The van der Waals surface area contributed by atoms with Crippen LogP contribution < -0.4 is 4.90 Å². The summed E-state index contributed by atoms with van der Waals surface area (Å²) in [5.74, 6) is 2.30. The van der Waals surface area contributed by atoms with Crippen LogP contribution in [0.4, 0.5) is 5.82 Å². The molecule has 1 aliphatic rings. The van der Waals surface area contributed by atoms with Crippen molar-refractivity contribution in [1.82, 2.24) is 4.98 Å². The van der Waals surface area contributed by atoms with E-state index >= 15 is 0 Å². The van der Waals surface area contributed by atoms with E-state index in [-0.39, 0.29) is 0 Å². The number of aryl methyl sites for hydroxylation is 2. The van der Waals surface area contributed by atoms with Gasteiger partial charge < -0.3 is 4.90 Å². The fourth-order valence-electron chi connectivity index (χ4n) is 2.64. The van der Waals surface area contributed by atoms with Crippen molar-refractivity contribution >= 4 is 5.82 Å². The van der Waals surface area contributed by atoms with Crippen molar-refractivity contribution in [3.05, 3.63) is 22.9 Å². The van der Waals surface area contributed by atoms with E-state index in [1.807, 2.05) is 19.9 Å². The van der Waals surface area contributed by atoms with E-state index in [4.69, 9.17) is 0 Å². The highest BCUT2D eigenvalue weighted by atomic mass is 15.2. The van der Waals surface area contributed by atoms with Crippen molar-refractivity contribution in [2.75, 3.05) is 18.0 Å². The molecule has 3 heteroatoms. The monoisotopic (exact) mass is 243 g/mol. The quantitative estimate of drug-likeness (QED) is 0.761. The van der Waals surface area contributed by atoms with Crippen molar-refractivity contribution in [3.63, 3.8) is 0 Å². The lowest BCUT2D eigenvalue weighted by atomic mass is 9.88. The Labute approximate surface area is 109 Å². The van der Waals surface area contributed by atoms with Gasteiger partial charge in [0.05, 0.1) is 5.56 Å². The van der Waals surface area contributed by atoms with Gasteiger partial charge in [0.25, 0.3) is 0 Å². The number of rotatable bonds is 1. The smallest absolute Gasteiger partial charge is 0.147 e. The Morgan fingerprint density at radius 3 is 2.67 bits per heavy atom. The summed E-state index contributed by atoms with van der Waals surface area (Å²) >= 11 is 0. The molecule has 0 N–H and O–H groups in total. The van der Waals surface area contributed by atoms with E-state index in [1.54, 1.807) is 0 Å². The zero-order valence-electron chi connectivity index (χ0n) is 11.7. The maximum absolute atomic E-state index is 9.32. The molecule has 3 nitrogen and oxygen atoms in total. The second kappa shape index (κ2) is 4.97. The fourth-order valence-corrected chi connectivity index (χ4v) is 2.64. The molecule has 96 valence electrons. The molecule has 0 amide bonds. The standard InChI is InChI=1S/C15H21N3/c1-10-5-6-18(9-12(10)3)15-14(8-16)11(2)7-13(4)17-15/h7,10,12H,5-6,9H2,1-4H3. The highest BCUT2D eigenvalue weighted by molar-refractivity contribution is 5.58. The maximum Gasteiger partial charge on any atom is 0.147 e. The molecule has 1 aromatic heterocycles. The van der Waals surface area contributed by atoms with Crippen LogP contribution in [0.25, 0.3) is 0 Å². The van der Waals surface area contributed by atoms with Gasteiger partial charge in [0.1, 0.15) is 11.9 Å². The topological polar surface area (TPSA) is 39.9 Å². The Morgan fingerprint density at radius 1 is 1.33 bits per heavy atom. The summed E-state index contributed by atoms with van der Waals surface area (Å²) in [5, 5.41) is 9.32. The summed E-state index contributed by atoms with van der Waals surface area (Å²) in [7, 11) is 0. The molecule has 2 unspecified atom stereocenters. The molecule has 0 spiro atoms. The molecular formula is C15H21N3. The van der Waals surface area contributed by atoms with Crippen LogP contribution in [0.5, 0.6) is 0 Å². The van der Waals surface area contributed by atoms with Gasteiger partial charge in [-0.3, -0.25) is 0 Å². The second-order valence-corrected chi connectivity index (χ2v) is 5.58. The van der Waals surface area contributed by atoms with Crippen LogP contribution in [-0.2, 0) is 0 Å². The molecule has 0 bridgehead atoms. The average Bonchev–Trinajstić information content (AvgIpc) is 2.32. The van der Waals surface area contributed by atoms with Gasteiger partial charge in [-0.1, -0.05) is 13.8 Å². The first kappa shape index (κ1) is 12.9. The summed E-state index contributed by atoms with van der Waals surface area (Å²) in [4.78, 5) is 6.87. The summed E-state index contributed by atoms with van der Waals surface area (Å²) < 4.78 is 0. The predicted octanol–water partition coefficient (Wildman–Crippen LogP) is 3.05. The Hall–Kier alpha value is -1.56. The zero-order valence-corrected chi connectivity index (χ0v) is 11.7. The Morgan fingerprint density at radius 2 is 2.06 bits per heavy atom. The number of piperidine rings is 1. The fraction of sp³-hybridized carbons (Fsp3) is 0.600. The Bertz CT molecular complexity index is 487. The molecule has 0 radical (unpaired) electrons. The van der Waals surface area contributed by atoms with Crippen molar-refractivity contribution < 1.29 is 0 Å². The molecule has 1 aliphatic heterocycles. The van der Waals surface area contributed by atoms with Crippen LogP contribution >= 0.6 is 0 Å². The van der Waals surface area contributed by atoms with Crippen molar-refractivity contribution in [3.8, 4) is 6.07 Å². The minimum atomic E-state index is 0.660. The minimum absolute atomic E-state index is 0.660. The molecule has 0 saturated carbocycles. The molecule has 1 saturated heterocycles. The van der Waals surface area contributed by atoms with Gasteiger partial charge in [0.15, 0.2) is 0 Å². The van der Waals surface area contributed by atoms with E-state index in [2.05, 4.69) is 29.8 Å². The van der Waals surface area contributed by atoms with Gasteiger partial charge in [0.2, 0.25) is 0 Å². The number of nitriles is 1. The first-order valence-electron chi connectivity index (χ1n) is 6.66. The number of aromatic nitrogens is 1. The molecule has 0 aromatic carbocycles. The minimum Gasteiger partial charge on any atom is -0.355 e. The summed E-state index contributed by atoms with van der Waals surface area (Å²) in [6, 6.07) is 4.29.